The highest BCUT2D eigenvalue weighted by Crippen LogP contribution is 2.32. The van der Waals surface area contributed by atoms with E-state index in [1.165, 1.54) is 38.6 Å². The van der Waals surface area contributed by atoms with E-state index in [0.717, 1.165) is 0 Å². The first-order chi connectivity index (χ1) is 12.0. The smallest absolute Gasteiger partial charge is 0.271 e. The summed E-state index contributed by atoms with van der Waals surface area (Å²) in [5.41, 5.74) is 8.63. The van der Waals surface area contributed by atoms with Gasteiger partial charge in [-0.15, -0.1) is 0 Å². The van der Waals surface area contributed by atoms with Crippen molar-refractivity contribution in [1.29, 1.82) is 0 Å². The van der Waals surface area contributed by atoms with Crippen molar-refractivity contribution >= 4 is 23.8 Å². The van der Waals surface area contributed by atoms with Crippen LogP contribution in [-0.2, 0) is 0 Å². The van der Waals surface area contributed by atoms with E-state index >= 15 is 0 Å². The predicted octanol–water partition coefficient (Wildman–Crippen LogP) is 0.413. The van der Waals surface area contributed by atoms with E-state index in [0.29, 0.717) is 11.3 Å². The van der Waals surface area contributed by atoms with Crippen LogP contribution in [0.2, 0.25) is 0 Å². The Hall–Kier alpha value is -3.55. The third kappa shape index (κ3) is 4.05. The van der Waals surface area contributed by atoms with Gasteiger partial charge in [0.2, 0.25) is 0 Å². The van der Waals surface area contributed by atoms with Crippen molar-refractivity contribution in [2.45, 2.75) is 0 Å². The maximum atomic E-state index is 12.0. The van der Waals surface area contributed by atoms with Crippen molar-refractivity contribution in [2.75, 3.05) is 20.0 Å². The molecule has 0 aliphatic carbocycles. The minimum absolute atomic E-state index is 0.00797. The fourth-order valence-electron chi connectivity index (χ4n) is 2.17. The van der Waals surface area contributed by atoms with Crippen LogP contribution >= 0.6 is 0 Å². The number of nitrogens with one attached hydrogen (secondary N) is 1. The molecule has 8 heteroatoms. The average Bonchev–Trinajstić information content (AvgIpc) is 2.60. The van der Waals surface area contributed by atoms with E-state index < -0.39 is 11.9 Å². The molecule has 0 fully saturated rings. The first-order valence-electron chi connectivity index (χ1n) is 7.13. The maximum absolute atomic E-state index is 12.0. The molecule has 130 valence electrons. The number of hydrazone groups is 1. The molecule has 0 bridgehead atoms. The van der Waals surface area contributed by atoms with Gasteiger partial charge in [0.15, 0.2) is 11.5 Å². The Bertz CT molecular complexity index is 833. The number of methoxy groups -OCH3 is 2. The summed E-state index contributed by atoms with van der Waals surface area (Å²) < 4.78 is 10.1. The number of amides is 1. The standard InChI is InChI=1S/C17H17N3O5/c1-24-13-7-6-11(14(17(22)23)15(13)25-2)9-19-20-16(21)10-4-3-5-12(18)8-10/h3-9H,18H2,1-2H3,(H,20,21)(H,22,23)/p-1. The molecular formula is C17H16N3O5-. The molecule has 1 amide bonds. The summed E-state index contributed by atoms with van der Waals surface area (Å²) in [7, 11) is 2.70. The summed E-state index contributed by atoms with van der Waals surface area (Å²) in [6.07, 6.45) is 1.18. The molecule has 2 aromatic rings. The molecule has 25 heavy (non-hydrogen) atoms. The lowest BCUT2D eigenvalue weighted by atomic mass is 10.1. The predicted molar refractivity (Wildman–Crippen MR) is 89.8 cm³/mol. The largest absolute Gasteiger partial charge is 0.545 e. The molecular weight excluding hydrogens is 326 g/mol. The summed E-state index contributed by atoms with van der Waals surface area (Å²) in [5, 5.41) is 15.2. The number of ether oxygens (including phenoxy) is 2. The zero-order chi connectivity index (χ0) is 18.4. The number of benzene rings is 2. The number of carbonyl (C=O) groups is 2. The molecule has 0 radical (unpaired) electrons. The monoisotopic (exact) mass is 342 g/mol. The zero-order valence-electron chi connectivity index (χ0n) is 13.6. The van der Waals surface area contributed by atoms with Gasteiger partial charge in [0, 0.05) is 16.8 Å². The van der Waals surface area contributed by atoms with Gasteiger partial charge in [-0.05, 0) is 30.3 Å². The van der Waals surface area contributed by atoms with E-state index in [-0.39, 0.29) is 22.6 Å². The number of aromatic carboxylic acids is 1. The van der Waals surface area contributed by atoms with Gasteiger partial charge < -0.3 is 25.1 Å². The highest BCUT2D eigenvalue weighted by Gasteiger charge is 2.15. The SMILES string of the molecule is COc1ccc(C=NNC(=O)c2cccc(N)c2)c(C(=O)[O-])c1OC. The van der Waals surface area contributed by atoms with E-state index in [2.05, 4.69) is 10.5 Å². The van der Waals surface area contributed by atoms with Gasteiger partial charge in [0.05, 0.1) is 32.0 Å². The fraction of sp³-hybridized carbons (Fsp3) is 0.118. The van der Waals surface area contributed by atoms with Crippen LogP contribution < -0.4 is 25.7 Å². The molecule has 2 aromatic carbocycles. The van der Waals surface area contributed by atoms with Crippen molar-refractivity contribution in [1.82, 2.24) is 5.43 Å². The van der Waals surface area contributed by atoms with Crippen molar-refractivity contribution in [3.63, 3.8) is 0 Å². The fourth-order valence-corrected chi connectivity index (χ4v) is 2.17. The van der Waals surface area contributed by atoms with Crippen LogP contribution in [-0.4, -0.2) is 32.3 Å². The first kappa shape index (κ1) is 17.8. The number of nitrogens with zero attached hydrogens (tertiary/aromatic N) is 1. The molecule has 8 nitrogen and oxygen atoms in total. The molecule has 3 N–H and O–H groups in total. The second-order valence-electron chi connectivity index (χ2n) is 4.88. The molecule has 0 spiro atoms. The number of carboxylic acids is 1. The summed E-state index contributed by atoms with van der Waals surface area (Å²) in [4.78, 5) is 23.4. The molecule has 0 aliphatic heterocycles. The van der Waals surface area contributed by atoms with E-state index in [9.17, 15) is 14.7 Å². The molecule has 0 aromatic heterocycles. The maximum Gasteiger partial charge on any atom is 0.271 e. The van der Waals surface area contributed by atoms with Crippen LogP contribution in [0.3, 0.4) is 0 Å². The normalized spacial score (nSPS) is 10.5. The Kier molecular flexibility index (Phi) is 5.57. The van der Waals surface area contributed by atoms with Crippen molar-refractivity contribution in [3.05, 3.63) is 53.1 Å². The zero-order valence-corrected chi connectivity index (χ0v) is 13.6. The van der Waals surface area contributed by atoms with Crippen LogP contribution in [0.1, 0.15) is 26.3 Å². The van der Waals surface area contributed by atoms with Gasteiger partial charge in [-0.2, -0.15) is 5.10 Å². The van der Waals surface area contributed by atoms with Gasteiger partial charge in [-0.3, -0.25) is 4.79 Å². The van der Waals surface area contributed by atoms with Crippen LogP contribution in [0, 0.1) is 0 Å². The van der Waals surface area contributed by atoms with Crippen LogP contribution in [0.4, 0.5) is 5.69 Å². The first-order valence-corrected chi connectivity index (χ1v) is 7.13. The quantitative estimate of drug-likeness (QED) is 0.445. The van der Waals surface area contributed by atoms with Gasteiger partial charge in [0.25, 0.3) is 5.91 Å². The molecule has 0 atom stereocenters. The Morgan fingerprint density at radius 2 is 1.96 bits per heavy atom. The van der Waals surface area contributed by atoms with E-state index in [4.69, 9.17) is 15.2 Å². The summed E-state index contributed by atoms with van der Waals surface area (Å²) in [6, 6.07) is 9.33. The van der Waals surface area contributed by atoms with Crippen molar-refractivity contribution < 1.29 is 24.2 Å². The number of carboxylic acid groups (broad SMARTS) is 1. The molecule has 0 saturated heterocycles. The molecule has 0 saturated carbocycles. The van der Waals surface area contributed by atoms with Crippen LogP contribution in [0.15, 0.2) is 41.5 Å². The second kappa shape index (κ2) is 7.82. The number of rotatable bonds is 6. The number of nitrogens with two attached hydrogens (primary N) is 1. The molecule has 0 unspecified atom stereocenters. The minimum Gasteiger partial charge on any atom is -0.545 e. The Labute approximate surface area is 143 Å². The van der Waals surface area contributed by atoms with Gasteiger partial charge >= 0.3 is 0 Å². The lowest BCUT2D eigenvalue weighted by Crippen LogP contribution is -2.25. The highest BCUT2D eigenvalue weighted by atomic mass is 16.5. The Morgan fingerprint density at radius 3 is 2.56 bits per heavy atom. The highest BCUT2D eigenvalue weighted by molar-refractivity contribution is 6.01. The molecule has 0 heterocycles. The number of hydrogen-bond acceptors (Lipinski definition) is 7. The number of anilines is 1. The topological polar surface area (TPSA) is 126 Å². The lowest BCUT2D eigenvalue weighted by Gasteiger charge is -2.15. The summed E-state index contributed by atoms with van der Waals surface area (Å²) in [5.74, 6) is -1.70. The van der Waals surface area contributed by atoms with E-state index in [1.54, 1.807) is 18.2 Å². The van der Waals surface area contributed by atoms with Gasteiger partial charge in [0.1, 0.15) is 0 Å². The van der Waals surface area contributed by atoms with Crippen molar-refractivity contribution in [3.8, 4) is 11.5 Å². The molecule has 0 aliphatic rings. The number of nitrogen functional groups attached to an aromatic ring is 1. The summed E-state index contributed by atoms with van der Waals surface area (Å²) >= 11 is 0. The second-order valence-corrected chi connectivity index (χ2v) is 4.88. The van der Waals surface area contributed by atoms with Gasteiger partial charge in [-0.1, -0.05) is 6.07 Å². The van der Waals surface area contributed by atoms with Crippen LogP contribution in [0.5, 0.6) is 11.5 Å². The van der Waals surface area contributed by atoms with Crippen LogP contribution in [0.25, 0.3) is 0 Å². The minimum atomic E-state index is -1.46. The molecule has 2 rings (SSSR count). The third-order valence-electron chi connectivity index (χ3n) is 3.30. The Balaban J connectivity index is 2.26. The van der Waals surface area contributed by atoms with E-state index in [1.807, 2.05) is 0 Å². The lowest BCUT2D eigenvalue weighted by molar-refractivity contribution is -0.255. The number of carbonyl (C=O) groups excluding carboxylic acids is 2. The van der Waals surface area contributed by atoms with Gasteiger partial charge in [-0.25, -0.2) is 5.43 Å². The number of hydrogen-bond donors (Lipinski definition) is 2. The Morgan fingerprint density at radius 1 is 1.20 bits per heavy atom. The summed E-state index contributed by atoms with van der Waals surface area (Å²) in [6.45, 7) is 0. The van der Waals surface area contributed by atoms with Crippen molar-refractivity contribution in [2.24, 2.45) is 5.10 Å². The third-order valence-corrected chi connectivity index (χ3v) is 3.30. The average molecular weight is 342 g/mol.